The molecule has 2 N–H and O–H groups in total. The van der Waals surface area contributed by atoms with Crippen LogP contribution in [0.4, 0.5) is 0 Å². The summed E-state index contributed by atoms with van der Waals surface area (Å²) in [6.07, 6.45) is 2.64. The van der Waals surface area contributed by atoms with Gasteiger partial charge in [0, 0.05) is 44.5 Å². The average Bonchev–Trinajstić information content (AvgIpc) is 2.82. The first-order valence-electron chi connectivity index (χ1n) is 11.1. The number of aliphatic hydroxyl groups is 1. The second-order valence-corrected chi connectivity index (χ2v) is 8.42. The number of para-hydroxylation sites is 1. The van der Waals surface area contributed by atoms with E-state index in [4.69, 9.17) is 4.74 Å². The van der Waals surface area contributed by atoms with Crippen molar-refractivity contribution < 1.29 is 19.4 Å². The van der Waals surface area contributed by atoms with Crippen LogP contribution in [-0.4, -0.2) is 71.0 Å². The average molecular weight is 439 g/mol. The third kappa shape index (κ3) is 4.76. The summed E-state index contributed by atoms with van der Waals surface area (Å²) in [6, 6.07) is 12.7. The number of hydrogen-bond donors (Lipinski definition) is 2. The molecule has 2 saturated heterocycles. The van der Waals surface area contributed by atoms with Crippen LogP contribution in [0.25, 0.3) is 0 Å². The van der Waals surface area contributed by atoms with Gasteiger partial charge < -0.3 is 20.1 Å². The van der Waals surface area contributed by atoms with E-state index in [0.717, 1.165) is 11.3 Å². The largest absolute Gasteiger partial charge is 0.496 e. The lowest BCUT2D eigenvalue weighted by Gasteiger charge is -2.39. The number of hydrogen-bond acceptors (Lipinski definition) is 6. The minimum absolute atomic E-state index is 0.0693. The van der Waals surface area contributed by atoms with Gasteiger partial charge >= 0.3 is 0 Å². The molecule has 2 aliphatic rings. The second kappa shape index (κ2) is 9.67. The number of methoxy groups -OCH3 is 1. The molecule has 2 amide bonds. The summed E-state index contributed by atoms with van der Waals surface area (Å²) in [5, 5.41) is 13.9. The fourth-order valence-corrected chi connectivity index (χ4v) is 4.54. The lowest BCUT2D eigenvalue weighted by atomic mass is 9.87. The Morgan fingerprint density at radius 1 is 1.19 bits per heavy atom. The Labute approximate surface area is 188 Å². The maximum Gasteiger partial charge on any atom is 0.237 e. The van der Waals surface area contributed by atoms with Crippen LogP contribution in [0.15, 0.2) is 48.7 Å². The number of piperidine rings is 1. The van der Waals surface area contributed by atoms with Crippen molar-refractivity contribution in [1.29, 1.82) is 0 Å². The van der Waals surface area contributed by atoms with Crippen molar-refractivity contribution >= 4 is 11.8 Å². The zero-order valence-electron chi connectivity index (χ0n) is 18.4. The smallest absolute Gasteiger partial charge is 0.237 e. The molecule has 8 heteroatoms. The Morgan fingerprint density at radius 3 is 2.66 bits per heavy atom. The summed E-state index contributed by atoms with van der Waals surface area (Å²) in [6.45, 7) is 2.63. The van der Waals surface area contributed by atoms with Crippen LogP contribution in [-0.2, 0) is 21.7 Å². The fraction of sp³-hybridized carbons (Fsp3) is 0.458. The molecule has 0 unspecified atom stereocenters. The lowest BCUT2D eigenvalue weighted by molar-refractivity contribution is -0.142. The number of likely N-dealkylation sites (tertiary alicyclic amines) is 1. The van der Waals surface area contributed by atoms with Gasteiger partial charge in [-0.15, -0.1) is 0 Å². The number of carbonyl (C=O) groups excluding carboxylic acids is 2. The molecule has 1 atom stereocenters. The number of benzene rings is 1. The predicted octanol–water partition coefficient (Wildman–Crippen LogP) is 1.29. The number of aromatic nitrogens is 1. The molecule has 0 bridgehead atoms. The van der Waals surface area contributed by atoms with E-state index in [1.54, 1.807) is 18.2 Å². The number of rotatable bonds is 6. The minimum atomic E-state index is -1.02. The van der Waals surface area contributed by atoms with Crippen molar-refractivity contribution in [2.24, 2.45) is 0 Å². The molecular formula is C24H30N4O4. The molecule has 3 heterocycles. The topological polar surface area (TPSA) is 95.0 Å². The quantitative estimate of drug-likeness (QED) is 0.706. The first-order valence-corrected chi connectivity index (χ1v) is 11.1. The Kier molecular flexibility index (Phi) is 6.72. The van der Waals surface area contributed by atoms with E-state index in [1.165, 1.54) is 0 Å². The SMILES string of the molecule is COc1ccccc1CN1CCNC(=O)[C@H]1CC(=O)N1CCC(O)(c2ccccn2)CC1. The van der Waals surface area contributed by atoms with Crippen LogP contribution >= 0.6 is 0 Å². The minimum Gasteiger partial charge on any atom is -0.496 e. The molecule has 170 valence electrons. The molecular weight excluding hydrogens is 408 g/mol. The molecule has 0 radical (unpaired) electrons. The first kappa shape index (κ1) is 22.2. The molecule has 4 rings (SSSR count). The van der Waals surface area contributed by atoms with E-state index in [1.807, 2.05) is 47.4 Å². The molecule has 8 nitrogen and oxygen atoms in total. The summed E-state index contributed by atoms with van der Waals surface area (Å²) in [4.78, 5) is 33.8. The number of pyridine rings is 1. The maximum atomic E-state index is 13.1. The predicted molar refractivity (Wildman–Crippen MR) is 119 cm³/mol. The van der Waals surface area contributed by atoms with E-state index >= 15 is 0 Å². The van der Waals surface area contributed by atoms with Gasteiger partial charge in [-0.1, -0.05) is 24.3 Å². The zero-order valence-corrected chi connectivity index (χ0v) is 18.4. The van der Waals surface area contributed by atoms with Gasteiger partial charge in [0.1, 0.15) is 11.4 Å². The first-order chi connectivity index (χ1) is 15.5. The highest BCUT2D eigenvalue weighted by atomic mass is 16.5. The van der Waals surface area contributed by atoms with E-state index in [9.17, 15) is 14.7 Å². The standard InChI is InChI=1S/C24H30N4O4/c1-32-20-7-3-2-6-18(20)17-28-15-12-26-23(30)19(28)16-22(29)27-13-9-24(31,10-14-27)21-8-4-5-11-25-21/h2-8,11,19,31H,9-10,12-17H2,1H3,(H,26,30)/t19-/m1/s1. The van der Waals surface area contributed by atoms with Crippen molar-refractivity contribution in [3.63, 3.8) is 0 Å². The van der Waals surface area contributed by atoms with Gasteiger partial charge in [0.25, 0.3) is 0 Å². The highest BCUT2D eigenvalue weighted by molar-refractivity contribution is 5.89. The maximum absolute atomic E-state index is 13.1. The third-order valence-corrected chi connectivity index (χ3v) is 6.46. The van der Waals surface area contributed by atoms with Gasteiger partial charge in [0.2, 0.25) is 11.8 Å². The van der Waals surface area contributed by atoms with Gasteiger partial charge in [-0.3, -0.25) is 19.5 Å². The van der Waals surface area contributed by atoms with Crippen LogP contribution in [0.5, 0.6) is 5.75 Å². The van der Waals surface area contributed by atoms with Crippen LogP contribution < -0.4 is 10.1 Å². The lowest BCUT2D eigenvalue weighted by Crippen LogP contribution is -2.56. The molecule has 32 heavy (non-hydrogen) atoms. The number of carbonyl (C=O) groups is 2. The van der Waals surface area contributed by atoms with Gasteiger partial charge in [-0.25, -0.2) is 0 Å². The van der Waals surface area contributed by atoms with Gasteiger partial charge in [0.05, 0.1) is 25.3 Å². The van der Waals surface area contributed by atoms with E-state index in [0.29, 0.717) is 51.3 Å². The van der Waals surface area contributed by atoms with Crippen molar-refractivity contribution in [2.45, 2.75) is 37.5 Å². The van der Waals surface area contributed by atoms with Gasteiger partial charge in [-0.2, -0.15) is 0 Å². The number of amides is 2. The number of ether oxygens (including phenoxy) is 1. The molecule has 1 aromatic carbocycles. The Balaban J connectivity index is 1.40. The van der Waals surface area contributed by atoms with Crippen LogP contribution in [0.2, 0.25) is 0 Å². The third-order valence-electron chi connectivity index (χ3n) is 6.46. The number of nitrogens with zero attached hydrogens (tertiary/aromatic N) is 3. The summed E-state index contributed by atoms with van der Waals surface area (Å²) in [5.41, 5.74) is 0.609. The molecule has 2 aliphatic heterocycles. The summed E-state index contributed by atoms with van der Waals surface area (Å²) >= 11 is 0. The Bertz CT molecular complexity index is 944. The second-order valence-electron chi connectivity index (χ2n) is 8.42. The van der Waals surface area contributed by atoms with Gasteiger partial charge in [-0.05, 0) is 31.0 Å². The van der Waals surface area contributed by atoms with Crippen LogP contribution in [0.3, 0.4) is 0 Å². The van der Waals surface area contributed by atoms with Crippen molar-refractivity contribution in [3.05, 3.63) is 59.9 Å². The van der Waals surface area contributed by atoms with Crippen molar-refractivity contribution in [1.82, 2.24) is 20.1 Å². The normalized spacial score (nSPS) is 21.1. The monoisotopic (exact) mass is 438 g/mol. The van der Waals surface area contributed by atoms with Crippen molar-refractivity contribution in [3.8, 4) is 5.75 Å². The molecule has 0 aliphatic carbocycles. The van der Waals surface area contributed by atoms with Crippen LogP contribution in [0.1, 0.15) is 30.5 Å². The molecule has 2 fully saturated rings. The molecule has 2 aromatic rings. The van der Waals surface area contributed by atoms with Crippen molar-refractivity contribution in [2.75, 3.05) is 33.3 Å². The summed E-state index contributed by atoms with van der Waals surface area (Å²) < 4.78 is 5.45. The van der Waals surface area contributed by atoms with E-state index < -0.39 is 11.6 Å². The molecule has 1 aromatic heterocycles. The fourth-order valence-electron chi connectivity index (χ4n) is 4.54. The van der Waals surface area contributed by atoms with Gasteiger partial charge in [0.15, 0.2) is 0 Å². The number of nitrogens with one attached hydrogen (secondary N) is 1. The summed E-state index contributed by atoms with van der Waals surface area (Å²) in [7, 11) is 1.63. The van der Waals surface area contributed by atoms with E-state index in [2.05, 4.69) is 10.3 Å². The molecule has 0 saturated carbocycles. The zero-order chi connectivity index (χ0) is 22.6. The highest BCUT2D eigenvalue weighted by Gasteiger charge is 2.38. The number of piperazine rings is 1. The van der Waals surface area contributed by atoms with Crippen LogP contribution in [0, 0.1) is 0 Å². The Hall–Kier alpha value is -2.97. The molecule has 0 spiro atoms. The highest BCUT2D eigenvalue weighted by Crippen LogP contribution is 2.32. The summed E-state index contributed by atoms with van der Waals surface area (Å²) in [5.74, 6) is 0.579. The van der Waals surface area contributed by atoms with E-state index in [-0.39, 0.29) is 18.2 Å². The Morgan fingerprint density at radius 2 is 1.94 bits per heavy atom.